The Hall–Kier alpha value is -2.73. The molecule has 2 aliphatic rings. The zero-order valence-corrected chi connectivity index (χ0v) is 18.9. The van der Waals surface area contributed by atoms with Crippen LogP contribution < -0.4 is 14.4 Å². The number of anilines is 1. The normalized spacial score (nSPS) is 20.9. The second-order valence-electron chi connectivity index (χ2n) is 8.21. The number of ether oxygens (including phenoxy) is 3. The number of hydrogen-bond donors (Lipinski definition) is 0. The maximum atomic E-state index is 13.0. The third-order valence-electron chi connectivity index (χ3n) is 6.38. The van der Waals surface area contributed by atoms with E-state index in [9.17, 15) is 4.79 Å². The van der Waals surface area contributed by atoms with Gasteiger partial charge in [0.15, 0.2) is 11.5 Å². The number of nitrogens with zero attached hydrogens (tertiary/aromatic N) is 2. The molecule has 0 unspecified atom stereocenters. The van der Waals surface area contributed by atoms with Crippen LogP contribution in [-0.2, 0) is 16.0 Å². The van der Waals surface area contributed by atoms with Gasteiger partial charge in [-0.3, -0.25) is 4.79 Å². The Morgan fingerprint density at radius 1 is 1.06 bits per heavy atom. The number of carbonyl (C=O) groups is 1. The van der Waals surface area contributed by atoms with E-state index in [1.165, 1.54) is 11.3 Å². The largest absolute Gasteiger partial charge is 0.493 e. The maximum absolute atomic E-state index is 13.0. The highest BCUT2D eigenvalue weighted by Crippen LogP contribution is 2.43. The van der Waals surface area contributed by atoms with Gasteiger partial charge in [-0.25, -0.2) is 0 Å². The van der Waals surface area contributed by atoms with Crippen LogP contribution in [0.5, 0.6) is 11.5 Å². The highest BCUT2D eigenvalue weighted by atomic mass is 16.5. The minimum Gasteiger partial charge on any atom is -0.493 e. The topological polar surface area (TPSA) is 51.2 Å². The molecule has 0 aliphatic carbocycles. The number of benzene rings is 2. The van der Waals surface area contributed by atoms with Gasteiger partial charge in [0.1, 0.15) is 0 Å². The van der Waals surface area contributed by atoms with Gasteiger partial charge in [0.05, 0.1) is 33.5 Å². The van der Waals surface area contributed by atoms with Crippen molar-refractivity contribution in [2.24, 2.45) is 0 Å². The van der Waals surface area contributed by atoms with E-state index in [2.05, 4.69) is 42.2 Å². The number of rotatable bonds is 5. The van der Waals surface area contributed by atoms with E-state index in [0.717, 1.165) is 49.6 Å². The molecule has 1 amide bonds. The summed E-state index contributed by atoms with van der Waals surface area (Å²) in [6, 6.07) is 12.7. The summed E-state index contributed by atoms with van der Waals surface area (Å²) < 4.78 is 16.6. The molecule has 6 heteroatoms. The van der Waals surface area contributed by atoms with Crippen LogP contribution in [0.25, 0.3) is 0 Å². The number of hydrogen-bond acceptors (Lipinski definition) is 5. The molecular formula is C25H32N2O4. The summed E-state index contributed by atoms with van der Waals surface area (Å²) in [5.74, 6) is 1.58. The van der Waals surface area contributed by atoms with Gasteiger partial charge in [-0.15, -0.1) is 0 Å². The molecular weight excluding hydrogens is 392 g/mol. The Bertz CT molecular complexity index is 922. The van der Waals surface area contributed by atoms with E-state index >= 15 is 0 Å². The summed E-state index contributed by atoms with van der Waals surface area (Å²) in [5, 5.41) is 0. The number of morpholine rings is 1. The summed E-state index contributed by atoms with van der Waals surface area (Å²) >= 11 is 0. The van der Waals surface area contributed by atoms with Crippen LogP contribution in [0.3, 0.4) is 0 Å². The molecule has 2 atom stereocenters. The molecule has 0 bridgehead atoms. The molecule has 2 heterocycles. The first-order valence-corrected chi connectivity index (χ1v) is 11.1. The van der Waals surface area contributed by atoms with Crippen molar-refractivity contribution < 1.29 is 19.0 Å². The van der Waals surface area contributed by atoms with Crippen LogP contribution in [0.1, 0.15) is 43.0 Å². The number of fused-ring (bicyclic) bond motifs is 1. The first-order valence-electron chi connectivity index (χ1n) is 11.1. The SMILES string of the molecule is CCC(=O)N1[C@@H](c2ccc(N3CCOCC3)cc2)c2cc(OC)c(OC)cc2C[C@@H]1C. The van der Waals surface area contributed by atoms with Crippen molar-refractivity contribution in [3.8, 4) is 11.5 Å². The molecule has 0 aromatic heterocycles. The van der Waals surface area contributed by atoms with Crippen molar-refractivity contribution in [3.05, 3.63) is 53.1 Å². The summed E-state index contributed by atoms with van der Waals surface area (Å²) in [6.45, 7) is 7.38. The molecule has 166 valence electrons. The lowest BCUT2D eigenvalue weighted by atomic mass is 9.84. The fraction of sp³-hybridized carbons (Fsp3) is 0.480. The lowest BCUT2D eigenvalue weighted by molar-refractivity contribution is -0.135. The molecule has 4 rings (SSSR count). The van der Waals surface area contributed by atoms with E-state index in [1.54, 1.807) is 14.2 Å². The number of carbonyl (C=O) groups excluding carboxylic acids is 1. The molecule has 1 fully saturated rings. The molecule has 0 radical (unpaired) electrons. The van der Waals surface area contributed by atoms with Gasteiger partial charge in [0.2, 0.25) is 5.91 Å². The van der Waals surface area contributed by atoms with Crippen LogP contribution in [0.15, 0.2) is 36.4 Å². The lowest BCUT2D eigenvalue weighted by Gasteiger charge is -2.42. The number of methoxy groups -OCH3 is 2. The second kappa shape index (κ2) is 9.18. The summed E-state index contributed by atoms with van der Waals surface area (Å²) in [6.07, 6.45) is 1.28. The van der Waals surface area contributed by atoms with Gasteiger partial charge < -0.3 is 24.0 Å². The molecule has 31 heavy (non-hydrogen) atoms. The summed E-state index contributed by atoms with van der Waals surface area (Å²) in [4.78, 5) is 17.4. The average molecular weight is 425 g/mol. The van der Waals surface area contributed by atoms with Gasteiger partial charge in [0.25, 0.3) is 0 Å². The average Bonchev–Trinajstić information content (AvgIpc) is 2.82. The van der Waals surface area contributed by atoms with E-state index in [-0.39, 0.29) is 18.0 Å². The first-order chi connectivity index (χ1) is 15.1. The van der Waals surface area contributed by atoms with Crippen molar-refractivity contribution in [1.82, 2.24) is 4.90 Å². The minimum absolute atomic E-state index is 0.0990. The first kappa shape index (κ1) is 21.5. The van der Waals surface area contributed by atoms with Gasteiger partial charge in [-0.2, -0.15) is 0 Å². The van der Waals surface area contributed by atoms with Crippen molar-refractivity contribution in [2.45, 2.75) is 38.8 Å². The number of amides is 1. The Morgan fingerprint density at radius 2 is 1.71 bits per heavy atom. The Morgan fingerprint density at radius 3 is 2.32 bits per heavy atom. The van der Waals surface area contributed by atoms with Gasteiger partial charge in [-0.05, 0) is 54.3 Å². The van der Waals surface area contributed by atoms with Crippen molar-refractivity contribution >= 4 is 11.6 Å². The van der Waals surface area contributed by atoms with Crippen LogP contribution >= 0.6 is 0 Å². The molecule has 0 spiro atoms. The zero-order chi connectivity index (χ0) is 22.0. The van der Waals surface area contributed by atoms with Crippen LogP contribution in [0.2, 0.25) is 0 Å². The van der Waals surface area contributed by atoms with Gasteiger partial charge >= 0.3 is 0 Å². The molecule has 2 aromatic carbocycles. The molecule has 0 N–H and O–H groups in total. The molecule has 2 aliphatic heterocycles. The third-order valence-corrected chi connectivity index (χ3v) is 6.38. The zero-order valence-electron chi connectivity index (χ0n) is 18.9. The van der Waals surface area contributed by atoms with E-state index in [0.29, 0.717) is 12.2 Å². The highest BCUT2D eigenvalue weighted by Gasteiger charge is 2.36. The molecule has 1 saturated heterocycles. The molecule has 0 saturated carbocycles. The fourth-order valence-electron chi connectivity index (χ4n) is 4.79. The van der Waals surface area contributed by atoms with E-state index in [4.69, 9.17) is 14.2 Å². The summed E-state index contributed by atoms with van der Waals surface area (Å²) in [5.41, 5.74) is 4.61. The van der Waals surface area contributed by atoms with Crippen LogP contribution in [-0.4, -0.2) is 57.4 Å². The van der Waals surface area contributed by atoms with Crippen LogP contribution in [0, 0.1) is 0 Å². The maximum Gasteiger partial charge on any atom is 0.223 e. The smallest absolute Gasteiger partial charge is 0.223 e. The standard InChI is InChI=1S/C25H32N2O4/c1-5-24(28)27-17(2)14-19-15-22(29-3)23(30-4)16-21(19)25(27)18-6-8-20(9-7-18)26-10-12-31-13-11-26/h6-9,15-17,25H,5,10-14H2,1-4H3/t17-,25-/m0/s1. The second-order valence-corrected chi connectivity index (χ2v) is 8.21. The Balaban J connectivity index is 1.77. The monoisotopic (exact) mass is 424 g/mol. The minimum atomic E-state index is -0.148. The quantitative estimate of drug-likeness (QED) is 0.731. The van der Waals surface area contributed by atoms with Gasteiger partial charge in [-0.1, -0.05) is 19.1 Å². The predicted octanol–water partition coefficient (Wildman–Crippen LogP) is 3.81. The lowest BCUT2D eigenvalue weighted by Crippen LogP contribution is -2.46. The molecule has 6 nitrogen and oxygen atoms in total. The Kier molecular flexibility index (Phi) is 6.37. The predicted molar refractivity (Wildman–Crippen MR) is 121 cm³/mol. The Labute approximate surface area is 184 Å². The van der Waals surface area contributed by atoms with E-state index < -0.39 is 0 Å². The highest BCUT2D eigenvalue weighted by molar-refractivity contribution is 5.78. The third kappa shape index (κ3) is 4.09. The van der Waals surface area contributed by atoms with Crippen molar-refractivity contribution in [3.63, 3.8) is 0 Å². The van der Waals surface area contributed by atoms with Crippen molar-refractivity contribution in [2.75, 3.05) is 45.4 Å². The fourth-order valence-corrected chi connectivity index (χ4v) is 4.79. The summed E-state index contributed by atoms with van der Waals surface area (Å²) in [7, 11) is 3.31. The van der Waals surface area contributed by atoms with Crippen LogP contribution in [0.4, 0.5) is 5.69 Å². The van der Waals surface area contributed by atoms with Crippen molar-refractivity contribution in [1.29, 1.82) is 0 Å². The van der Waals surface area contributed by atoms with Gasteiger partial charge in [0, 0.05) is 31.2 Å². The van der Waals surface area contributed by atoms with E-state index in [1.807, 2.05) is 17.9 Å². The molecule has 2 aromatic rings.